The van der Waals surface area contributed by atoms with Gasteiger partial charge in [0.05, 0.1) is 5.41 Å². The SMILES string of the molecule is O=C(N1CCCNCC1)C12CC3CC1CC(c1ccccc1)(C3)C2. The van der Waals surface area contributed by atoms with E-state index >= 15 is 0 Å². The molecule has 1 amide bonds. The van der Waals surface area contributed by atoms with Crippen LogP contribution >= 0.6 is 0 Å². The maximum Gasteiger partial charge on any atom is 0.229 e. The molecule has 0 radical (unpaired) electrons. The lowest BCUT2D eigenvalue weighted by molar-refractivity contribution is -0.144. The third-order valence-electron chi connectivity index (χ3n) is 7.46. The van der Waals surface area contributed by atoms with E-state index in [0.29, 0.717) is 11.8 Å². The van der Waals surface area contributed by atoms with E-state index in [9.17, 15) is 4.79 Å². The van der Waals surface area contributed by atoms with Crippen molar-refractivity contribution in [2.24, 2.45) is 17.3 Å². The molecule has 0 spiro atoms. The van der Waals surface area contributed by atoms with E-state index in [4.69, 9.17) is 0 Å². The van der Waals surface area contributed by atoms with Crippen LogP contribution in [0.3, 0.4) is 0 Å². The Hall–Kier alpha value is -1.35. The maximum absolute atomic E-state index is 13.6. The van der Waals surface area contributed by atoms with Crippen molar-refractivity contribution in [3.8, 4) is 0 Å². The van der Waals surface area contributed by atoms with Crippen LogP contribution in [0.2, 0.25) is 0 Å². The van der Waals surface area contributed by atoms with Gasteiger partial charge in [-0.05, 0) is 67.9 Å². The fourth-order valence-corrected chi connectivity index (χ4v) is 6.73. The van der Waals surface area contributed by atoms with Gasteiger partial charge in [0, 0.05) is 19.6 Å². The first-order valence-electron chi connectivity index (χ1n) is 9.78. The van der Waals surface area contributed by atoms with E-state index in [1.807, 2.05) is 0 Å². The molecule has 1 N–H and O–H groups in total. The number of hydrogen-bond acceptors (Lipinski definition) is 2. The molecule has 3 heteroatoms. The largest absolute Gasteiger partial charge is 0.341 e. The third-order valence-corrected chi connectivity index (χ3v) is 7.46. The van der Waals surface area contributed by atoms with Crippen molar-refractivity contribution in [1.82, 2.24) is 10.2 Å². The summed E-state index contributed by atoms with van der Waals surface area (Å²) in [5.41, 5.74) is 1.74. The van der Waals surface area contributed by atoms with Crippen molar-refractivity contribution in [3.63, 3.8) is 0 Å². The molecule has 4 atom stereocenters. The monoisotopic (exact) mass is 324 g/mol. The zero-order valence-corrected chi connectivity index (χ0v) is 14.5. The molecule has 3 nitrogen and oxygen atoms in total. The summed E-state index contributed by atoms with van der Waals surface area (Å²) in [7, 11) is 0. The lowest BCUT2D eigenvalue weighted by Gasteiger charge is -2.42. The van der Waals surface area contributed by atoms with E-state index in [1.165, 1.54) is 24.8 Å². The van der Waals surface area contributed by atoms with Gasteiger partial charge < -0.3 is 10.2 Å². The molecule has 1 heterocycles. The molecule has 4 unspecified atom stereocenters. The minimum absolute atomic E-state index is 0.0386. The van der Waals surface area contributed by atoms with Gasteiger partial charge in [-0.25, -0.2) is 0 Å². The number of benzene rings is 1. The van der Waals surface area contributed by atoms with Crippen LogP contribution in [0.15, 0.2) is 30.3 Å². The highest BCUT2D eigenvalue weighted by atomic mass is 16.2. The Kier molecular flexibility index (Phi) is 3.31. The number of hydrogen-bond donors (Lipinski definition) is 1. The first kappa shape index (κ1) is 14.9. The average Bonchev–Trinajstić information content (AvgIpc) is 2.87. The number of nitrogens with zero attached hydrogens (tertiary/aromatic N) is 1. The molecule has 5 fully saturated rings. The van der Waals surface area contributed by atoms with Gasteiger partial charge in [0.25, 0.3) is 0 Å². The van der Waals surface area contributed by atoms with Crippen LogP contribution in [-0.2, 0) is 10.2 Å². The van der Waals surface area contributed by atoms with Crippen LogP contribution in [0.25, 0.3) is 0 Å². The fourth-order valence-electron chi connectivity index (χ4n) is 6.73. The van der Waals surface area contributed by atoms with Gasteiger partial charge in [0.2, 0.25) is 5.91 Å². The second-order valence-electron chi connectivity index (χ2n) is 8.79. The van der Waals surface area contributed by atoms with E-state index in [2.05, 4.69) is 40.5 Å². The minimum Gasteiger partial charge on any atom is -0.341 e. The van der Waals surface area contributed by atoms with E-state index in [-0.39, 0.29) is 10.8 Å². The van der Waals surface area contributed by atoms with Gasteiger partial charge in [-0.2, -0.15) is 0 Å². The Bertz CT molecular complexity index is 636. The number of carbonyl (C=O) groups is 1. The van der Waals surface area contributed by atoms with Crippen molar-refractivity contribution in [2.75, 3.05) is 26.2 Å². The molecule has 1 saturated heterocycles. The summed E-state index contributed by atoms with van der Waals surface area (Å²) in [6, 6.07) is 11.1. The number of amides is 1. The Morgan fingerprint density at radius 1 is 1.08 bits per heavy atom. The molecule has 128 valence electrons. The van der Waals surface area contributed by atoms with Crippen molar-refractivity contribution < 1.29 is 4.79 Å². The Labute approximate surface area is 144 Å². The summed E-state index contributed by atoms with van der Waals surface area (Å²) < 4.78 is 0. The molecule has 1 aromatic rings. The van der Waals surface area contributed by atoms with Crippen molar-refractivity contribution in [2.45, 2.75) is 43.9 Å². The van der Waals surface area contributed by atoms with Gasteiger partial charge in [-0.1, -0.05) is 30.3 Å². The fraction of sp³-hybridized carbons (Fsp3) is 0.667. The van der Waals surface area contributed by atoms with Gasteiger partial charge >= 0.3 is 0 Å². The van der Waals surface area contributed by atoms with Crippen LogP contribution in [0.5, 0.6) is 0 Å². The smallest absolute Gasteiger partial charge is 0.229 e. The predicted molar refractivity (Wildman–Crippen MR) is 94.7 cm³/mol. The highest BCUT2D eigenvalue weighted by molar-refractivity contribution is 5.85. The highest BCUT2D eigenvalue weighted by Crippen LogP contribution is 2.71. The van der Waals surface area contributed by atoms with Gasteiger partial charge in [0.15, 0.2) is 0 Å². The topological polar surface area (TPSA) is 32.3 Å². The van der Waals surface area contributed by atoms with Crippen molar-refractivity contribution in [3.05, 3.63) is 35.9 Å². The Morgan fingerprint density at radius 3 is 2.83 bits per heavy atom. The highest BCUT2D eigenvalue weighted by Gasteiger charge is 2.67. The van der Waals surface area contributed by atoms with Crippen molar-refractivity contribution >= 4 is 5.91 Å². The molecule has 6 rings (SSSR count). The Morgan fingerprint density at radius 2 is 1.96 bits per heavy atom. The third kappa shape index (κ3) is 2.03. The molecule has 4 bridgehead atoms. The second kappa shape index (κ2) is 5.32. The van der Waals surface area contributed by atoms with Gasteiger partial charge in [-0.3, -0.25) is 4.79 Å². The summed E-state index contributed by atoms with van der Waals surface area (Å²) in [5.74, 6) is 1.89. The lowest BCUT2D eigenvalue weighted by atomic mass is 9.63. The summed E-state index contributed by atoms with van der Waals surface area (Å²) in [4.78, 5) is 15.8. The molecular weight excluding hydrogens is 296 g/mol. The van der Waals surface area contributed by atoms with Gasteiger partial charge in [-0.15, -0.1) is 0 Å². The summed E-state index contributed by atoms with van der Waals surface area (Å²) >= 11 is 0. The summed E-state index contributed by atoms with van der Waals surface area (Å²) in [5, 5.41) is 3.44. The van der Waals surface area contributed by atoms with Crippen LogP contribution in [0.1, 0.15) is 44.1 Å². The molecule has 0 aromatic heterocycles. The quantitative estimate of drug-likeness (QED) is 0.907. The first-order chi connectivity index (χ1) is 11.7. The zero-order valence-electron chi connectivity index (χ0n) is 14.5. The Balaban J connectivity index is 1.47. The normalized spacial score (nSPS) is 40.8. The number of rotatable bonds is 2. The lowest BCUT2D eigenvalue weighted by Crippen LogP contribution is -2.47. The molecule has 5 aliphatic rings. The maximum atomic E-state index is 13.6. The molecule has 4 saturated carbocycles. The molecular formula is C21H28N2O. The molecule has 4 aliphatic carbocycles. The minimum atomic E-state index is -0.0386. The van der Waals surface area contributed by atoms with Crippen LogP contribution in [0.4, 0.5) is 0 Å². The first-order valence-corrected chi connectivity index (χ1v) is 9.78. The summed E-state index contributed by atoms with van der Waals surface area (Å²) in [6.07, 6.45) is 7.21. The molecule has 1 aliphatic heterocycles. The summed E-state index contributed by atoms with van der Waals surface area (Å²) in [6.45, 7) is 3.86. The molecule has 1 aromatic carbocycles. The van der Waals surface area contributed by atoms with Crippen LogP contribution < -0.4 is 5.32 Å². The van der Waals surface area contributed by atoms with E-state index in [0.717, 1.165) is 51.4 Å². The average molecular weight is 324 g/mol. The van der Waals surface area contributed by atoms with Crippen LogP contribution in [0, 0.1) is 17.3 Å². The second-order valence-corrected chi connectivity index (χ2v) is 8.79. The zero-order chi connectivity index (χ0) is 16.2. The number of nitrogens with one attached hydrogen (secondary N) is 1. The predicted octanol–water partition coefficient (Wildman–Crippen LogP) is 2.96. The van der Waals surface area contributed by atoms with E-state index < -0.39 is 0 Å². The van der Waals surface area contributed by atoms with Crippen LogP contribution in [-0.4, -0.2) is 37.0 Å². The standard InChI is InChI=1S/C21H28N2O/c24-19(23-9-4-7-22-8-10-23)21-13-16-11-18(21)14-20(12-16,15-21)17-5-2-1-3-6-17/h1-3,5-6,16,18,22H,4,7-15H2. The van der Waals surface area contributed by atoms with Gasteiger partial charge in [0.1, 0.15) is 0 Å². The van der Waals surface area contributed by atoms with Crippen molar-refractivity contribution in [1.29, 1.82) is 0 Å². The van der Waals surface area contributed by atoms with E-state index in [1.54, 1.807) is 0 Å². The molecule has 24 heavy (non-hydrogen) atoms. The number of carbonyl (C=O) groups excluding carboxylic acids is 1.